The summed E-state index contributed by atoms with van der Waals surface area (Å²) in [7, 11) is 0. The highest BCUT2D eigenvalue weighted by Crippen LogP contribution is 2.29. The molecule has 0 radical (unpaired) electrons. The van der Waals surface area contributed by atoms with Gasteiger partial charge in [-0.2, -0.15) is 4.39 Å². The second-order valence-corrected chi connectivity index (χ2v) is 8.54. The van der Waals surface area contributed by atoms with E-state index in [1.54, 1.807) is 18.2 Å². The molecule has 2 aliphatic heterocycles. The first kappa shape index (κ1) is 20.9. The number of nitrogen functional groups attached to an aromatic ring is 1. The Labute approximate surface area is 184 Å². The van der Waals surface area contributed by atoms with Crippen LogP contribution in [0.25, 0.3) is 0 Å². The maximum Gasteiger partial charge on any atom is 0.245 e. The van der Waals surface area contributed by atoms with Crippen LogP contribution < -0.4 is 16.0 Å². The number of nitrogens with zero attached hydrogens (tertiary/aromatic N) is 4. The monoisotopic (exact) mass is 452 g/mol. The van der Waals surface area contributed by atoms with Gasteiger partial charge in [0.25, 0.3) is 0 Å². The number of carbonyl (C=O) groups is 1. The molecular weight excluding hydrogens is 430 g/mol. The molecule has 3 heterocycles. The summed E-state index contributed by atoms with van der Waals surface area (Å²) in [5.41, 5.74) is 6.31. The van der Waals surface area contributed by atoms with Gasteiger partial charge in [0.1, 0.15) is 12.4 Å². The van der Waals surface area contributed by atoms with Gasteiger partial charge in [0, 0.05) is 41.4 Å². The molecule has 2 atom stereocenters. The Balaban J connectivity index is 1.47. The summed E-state index contributed by atoms with van der Waals surface area (Å²) in [5, 5.41) is 4.30. The van der Waals surface area contributed by atoms with Gasteiger partial charge in [0.15, 0.2) is 11.6 Å². The SMILES string of the molecule is Nc1ncnc(N2CCC[C@@H](N3CCC[C@@H](Nc4cc(Cl)cc(Cl)c4)C3=O)C2)c1F. The number of nitrogens with one attached hydrogen (secondary N) is 1. The van der Waals surface area contributed by atoms with Gasteiger partial charge in [-0.3, -0.25) is 4.79 Å². The summed E-state index contributed by atoms with van der Waals surface area (Å²) in [6.45, 7) is 1.85. The van der Waals surface area contributed by atoms with Crippen LogP contribution in [0.5, 0.6) is 0 Å². The van der Waals surface area contributed by atoms with Gasteiger partial charge in [-0.1, -0.05) is 23.2 Å². The molecule has 3 N–H and O–H groups in total. The van der Waals surface area contributed by atoms with E-state index in [-0.39, 0.29) is 29.6 Å². The van der Waals surface area contributed by atoms with Crippen molar-refractivity contribution in [3.8, 4) is 0 Å². The zero-order chi connectivity index (χ0) is 21.3. The Bertz CT molecular complexity index is 925. The average Bonchev–Trinajstić information content (AvgIpc) is 2.71. The van der Waals surface area contributed by atoms with Crippen LogP contribution in [0.4, 0.5) is 21.7 Å². The largest absolute Gasteiger partial charge is 0.381 e. The standard InChI is InChI=1S/C20H23Cl2FN6O/c21-12-7-13(22)9-14(8-12)27-16-4-2-6-29(20(16)30)15-3-1-5-28(10-15)19-17(23)18(24)25-11-26-19/h7-9,11,15-16,27H,1-6,10H2,(H2,24,25,26)/t15-,16-/m1/s1. The van der Waals surface area contributed by atoms with Crippen molar-refractivity contribution in [1.29, 1.82) is 0 Å². The molecule has 1 amide bonds. The highest BCUT2D eigenvalue weighted by atomic mass is 35.5. The molecular formula is C20H23Cl2FN6O. The lowest BCUT2D eigenvalue weighted by Gasteiger charge is -2.43. The van der Waals surface area contributed by atoms with Crippen molar-refractivity contribution in [3.05, 3.63) is 40.4 Å². The second kappa shape index (κ2) is 8.81. The lowest BCUT2D eigenvalue weighted by Crippen LogP contribution is -2.56. The van der Waals surface area contributed by atoms with Gasteiger partial charge in [0.05, 0.1) is 0 Å². The molecule has 0 aliphatic carbocycles. The van der Waals surface area contributed by atoms with Gasteiger partial charge in [0.2, 0.25) is 11.7 Å². The maximum atomic E-state index is 14.4. The number of likely N-dealkylation sites (tertiary alicyclic amines) is 1. The van der Waals surface area contributed by atoms with Crippen LogP contribution in [0.3, 0.4) is 0 Å². The number of carbonyl (C=O) groups excluding carboxylic acids is 1. The molecule has 30 heavy (non-hydrogen) atoms. The molecule has 2 aliphatic rings. The number of benzene rings is 1. The van der Waals surface area contributed by atoms with E-state index >= 15 is 0 Å². The summed E-state index contributed by atoms with van der Waals surface area (Å²) in [5.74, 6) is -0.548. The van der Waals surface area contributed by atoms with Crippen LogP contribution in [0.15, 0.2) is 24.5 Å². The average molecular weight is 453 g/mol. The first-order chi connectivity index (χ1) is 14.4. The topological polar surface area (TPSA) is 87.4 Å². The molecule has 0 spiro atoms. The van der Waals surface area contributed by atoms with E-state index in [0.29, 0.717) is 29.7 Å². The molecule has 10 heteroatoms. The molecule has 7 nitrogen and oxygen atoms in total. The Kier molecular flexibility index (Phi) is 6.15. The molecule has 160 valence electrons. The van der Waals surface area contributed by atoms with E-state index in [2.05, 4.69) is 15.3 Å². The van der Waals surface area contributed by atoms with Crippen molar-refractivity contribution >= 4 is 46.4 Å². The predicted molar refractivity (Wildman–Crippen MR) is 116 cm³/mol. The van der Waals surface area contributed by atoms with Crippen LogP contribution in [0.1, 0.15) is 25.7 Å². The zero-order valence-electron chi connectivity index (χ0n) is 16.3. The minimum atomic E-state index is -0.611. The van der Waals surface area contributed by atoms with Crippen LogP contribution in [-0.4, -0.2) is 52.5 Å². The van der Waals surface area contributed by atoms with E-state index in [9.17, 15) is 9.18 Å². The molecule has 4 rings (SSSR count). The summed E-state index contributed by atoms with van der Waals surface area (Å²) in [6.07, 6.45) is 4.56. The number of piperidine rings is 2. The molecule has 2 saturated heterocycles. The lowest BCUT2D eigenvalue weighted by atomic mass is 9.97. The Morgan fingerprint density at radius 1 is 1.10 bits per heavy atom. The van der Waals surface area contributed by atoms with Crippen LogP contribution in [-0.2, 0) is 4.79 Å². The Morgan fingerprint density at radius 2 is 1.83 bits per heavy atom. The summed E-state index contributed by atoms with van der Waals surface area (Å²) in [4.78, 5) is 24.7. The number of hydrogen-bond donors (Lipinski definition) is 2. The third kappa shape index (κ3) is 4.39. The lowest BCUT2D eigenvalue weighted by molar-refractivity contribution is -0.137. The Hall–Kier alpha value is -2.32. The molecule has 2 fully saturated rings. The van der Waals surface area contributed by atoms with Crippen molar-refractivity contribution in [3.63, 3.8) is 0 Å². The number of anilines is 3. The highest BCUT2D eigenvalue weighted by molar-refractivity contribution is 6.35. The van der Waals surface area contributed by atoms with E-state index in [4.69, 9.17) is 28.9 Å². The van der Waals surface area contributed by atoms with Crippen LogP contribution in [0, 0.1) is 5.82 Å². The van der Waals surface area contributed by atoms with E-state index in [1.165, 1.54) is 6.33 Å². The number of hydrogen-bond acceptors (Lipinski definition) is 6. The molecule has 0 bridgehead atoms. The fraction of sp³-hybridized carbons (Fsp3) is 0.450. The fourth-order valence-electron chi connectivity index (χ4n) is 4.23. The normalized spacial score (nSPS) is 22.3. The number of halogens is 3. The van der Waals surface area contributed by atoms with Crippen LogP contribution in [0.2, 0.25) is 10.0 Å². The summed E-state index contributed by atoms with van der Waals surface area (Å²) < 4.78 is 14.4. The smallest absolute Gasteiger partial charge is 0.245 e. The minimum absolute atomic E-state index is 0.0191. The molecule has 0 unspecified atom stereocenters. The van der Waals surface area contributed by atoms with Crippen LogP contribution >= 0.6 is 23.2 Å². The molecule has 0 saturated carbocycles. The van der Waals surface area contributed by atoms with Gasteiger partial charge >= 0.3 is 0 Å². The summed E-state index contributed by atoms with van der Waals surface area (Å²) >= 11 is 12.2. The number of aromatic nitrogens is 2. The fourth-order valence-corrected chi connectivity index (χ4v) is 4.76. The van der Waals surface area contributed by atoms with Crippen molar-refractivity contribution in [2.75, 3.05) is 35.6 Å². The number of nitrogens with two attached hydrogens (primary N) is 1. The van der Waals surface area contributed by atoms with Gasteiger partial charge < -0.3 is 20.9 Å². The van der Waals surface area contributed by atoms with Crippen molar-refractivity contribution in [1.82, 2.24) is 14.9 Å². The first-order valence-electron chi connectivity index (χ1n) is 9.96. The third-order valence-corrected chi connectivity index (χ3v) is 6.05. The molecule has 2 aromatic rings. The van der Waals surface area contributed by atoms with Crippen molar-refractivity contribution in [2.45, 2.75) is 37.8 Å². The van der Waals surface area contributed by atoms with E-state index in [0.717, 1.165) is 31.4 Å². The predicted octanol–water partition coefficient (Wildman–Crippen LogP) is 3.58. The quantitative estimate of drug-likeness (QED) is 0.736. The number of rotatable bonds is 4. The minimum Gasteiger partial charge on any atom is -0.381 e. The highest BCUT2D eigenvalue weighted by Gasteiger charge is 2.36. The third-order valence-electron chi connectivity index (χ3n) is 5.61. The van der Waals surface area contributed by atoms with Gasteiger partial charge in [-0.25, -0.2) is 9.97 Å². The van der Waals surface area contributed by atoms with E-state index < -0.39 is 5.82 Å². The zero-order valence-corrected chi connectivity index (χ0v) is 17.8. The van der Waals surface area contributed by atoms with Crippen molar-refractivity contribution in [2.24, 2.45) is 0 Å². The molecule has 1 aromatic carbocycles. The first-order valence-corrected chi connectivity index (χ1v) is 10.7. The summed E-state index contributed by atoms with van der Waals surface area (Å²) in [6, 6.07) is 4.79. The number of amides is 1. The second-order valence-electron chi connectivity index (χ2n) is 7.67. The van der Waals surface area contributed by atoms with Gasteiger partial charge in [-0.05, 0) is 43.9 Å². The van der Waals surface area contributed by atoms with Crippen molar-refractivity contribution < 1.29 is 9.18 Å². The Morgan fingerprint density at radius 3 is 2.60 bits per heavy atom. The van der Waals surface area contributed by atoms with Gasteiger partial charge in [-0.15, -0.1) is 0 Å². The van der Waals surface area contributed by atoms with E-state index in [1.807, 2.05) is 9.80 Å². The maximum absolute atomic E-state index is 14.4. The molecule has 1 aromatic heterocycles.